The summed E-state index contributed by atoms with van der Waals surface area (Å²) in [6.45, 7) is 7.51. The molecule has 0 aliphatic carbocycles. The Kier molecular flexibility index (Phi) is 6.57. The third-order valence-corrected chi connectivity index (χ3v) is 4.66. The normalized spacial score (nSPS) is 20.0. The monoisotopic (exact) mass is 322 g/mol. The zero-order chi connectivity index (χ0) is 16.8. The summed E-state index contributed by atoms with van der Waals surface area (Å²) in [5.74, 6) is 0.460. The molecular formula is C17H30N4O2. The maximum Gasteiger partial charge on any atom is 0.225 e. The van der Waals surface area contributed by atoms with Gasteiger partial charge in [-0.3, -0.25) is 4.79 Å². The number of hydrogen-bond acceptors (Lipinski definition) is 4. The van der Waals surface area contributed by atoms with Crippen molar-refractivity contribution in [1.29, 1.82) is 0 Å². The Hall–Kier alpha value is -1.43. The quantitative estimate of drug-likeness (QED) is 0.838. The van der Waals surface area contributed by atoms with Gasteiger partial charge in [-0.25, -0.2) is 4.68 Å². The molecule has 0 spiro atoms. The molecule has 6 heteroatoms. The third kappa shape index (κ3) is 4.53. The van der Waals surface area contributed by atoms with E-state index in [1.165, 1.54) is 0 Å². The summed E-state index contributed by atoms with van der Waals surface area (Å²) >= 11 is 0. The molecule has 1 aliphatic heterocycles. The van der Waals surface area contributed by atoms with Crippen LogP contribution in [-0.4, -0.2) is 44.0 Å². The largest absolute Gasteiger partial charge is 0.387 e. The summed E-state index contributed by atoms with van der Waals surface area (Å²) < 4.78 is 1.82. The van der Waals surface area contributed by atoms with E-state index >= 15 is 0 Å². The van der Waals surface area contributed by atoms with Crippen molar-refractivity contribution >= 4 is 5.91 Å². The standard InChI is InChI=1S/C17H30N4O2/c1-4-7-14(8-5-2)17(23)20-10-6-9-15(11-20)21-12-16(13(3)22)18-19-21/h12-15,22H,4-11H2,1-3H3. The topological polar surface area (TPSA) is 71.2 Å². The Morgan fingerprint density at radius 3 is 2.65 bits per heavy atom. The molecule has 1 fully saturated rings. The smallest absolute Gasteiger partial charge is 0.225 e. The van der Waals surface area contributed by atoms with Gasteiger partial charge in [-0.2, -0.15) is 0 Å². The number of aliphatic hydroxyl groups excluding tert-OH is 1. The molecule has 2 atom stereocenters. The maximum atomic E-state index is 12.8. The molecule has 1 saturated heterocycles. The first-order valence-corrected chi connectivity index (χ1v) is 8.95. The van der Waals surface area contributed by atoms with Crippen LogP contribution in [0.25, 0.3) is 0 Å². The first-order chi connectivity index (χ1) is 11.1. The van der Waals surface area contributed by atoms with Gasteiger partial charge in [-0.15, -0.1) is 5.10 Å². The molecule has 1 aliphatic rings. The van der Waals surface area contributed by atoms with E-state index in [2.05, 4.69) is 24.2 Å². The van der Waals surface area contributed by atoms with Gasteiger partial charge in [0.2, 0.25) is 5.91 Å². The van der Waals surface area contributed by atoms with Crippen LogP contribution in [0.3, 0.4) is 0 Å². The number of nitrogens with zero attached hydrogens (tertiary/aromatic N) is 4. The molecule has 2 heterocycles. The van der Waals surface area contributed by atoms with E-state index in [1.54, 1.807) is 13.1 Å². The van der Waals surface area contributed by atoms with Gasteiger partial charge >= 0.3 is 0 Å². The predicted octanol–water partition coefficient (Wildman–Crippen LogP) is 2.71. The average Bonchev–Trinajstić information content (AvgIpc) is 3.04. The highest BCUT2D eigenvalue weighted by molar-refractivity contribution is 5.79. The van der Waals surface area contributed by atoms with Crippen molar-refractivity contribution in [3.05, 3.63) is 11.9 Å². The van der Waals surface area contributed by atoms with Crippen LogP contribution in [0.4, 0.5) is 0 Å². The maximum absolute atomic E-state index is 12.8. The lowest BCUT2D eigenvalue weighted by Crippen LogP contribution is -2.43. The fraction of sp³-hybridized carbons (Fsp3) is 0.824. The average molecular weight is 322 g/mol. The number of aromatic nitrogens is 3. The molecule has 2 unspecified atom stereocenters. The summed E-state index contributed by atoms with van der Waals surface area (Å²) in [5.41, 5.74) is 0.586. The van der Waals surface area contributed by atoms with Crippen molar-refractivity contribution in [2.75, 3.05) is 13.1 Å². The second-order valence-corrected chi connectivity index (χ2v) is 6.65. The molecule has 1 amide bonds. The number of hydrogen-bond donors (Lipinski definition) is 1. The fourth-order valence-electron chi connectivity index (χ4n) is 3.38. The first kappa shape index (κ1) is 17.9. The van der Waals surface area contributed by atoms with Crippen molar-refractivity contribution in [3.63, 3.8) is 0 Å². The van der Waals surface area contributed by atoms with E-state index < -0.39 is 6.10 Å². The molecule has 23 heavy (non-hydrogen) atoms. The number of aliphatic hydroxyl groups is 1. The molecule has 1 aromatic rings. The number of carbonyl (C=O) groups excluding carboxylic acids is 1. The van der Waals surface area contributed by atoms with Gasteiger partial charge in [0.05, 0.1) is 18.3 Å². The fourth-order valence-corrected chi connectivity index (χ4v) is 3.38. The first-order valence-electron chi connectivity index (χ1n) is 8.95. The molecule has 0 saturated carbocycles. The molecule has 0 aromatic carbocycles. The van der Waals surface area contributed by atoms with E-state index in [9.17, 15) is 9.90 Å². The van der Waals surface area contributed by atoms with Gasteiger partial charge in [-0.1, -0.05) is 31.9 Å². The summed E-state index contributed by atoms with van der Waals surface area (Å²) in [6, 6.07) is 0.164. The summed E-state index contributed by atoms with van der Waals surface area (Å²) in [4.78, 5) is 14.8. The lowest BCUT2D eigenvalue weighted by molar-refractivity contribution is -0.137. The molecular weight excluding hydrogens is 292 g/mol. The minimum Gasteiger partial charge on any atom is -0.387 e. The Morgan fingerprint density at radius 2 is 2.09 bits per heavy atom. The Balaban J connectivity index is 2.02. The van der Waals surface area contributed by atoms with Crippen LogP contribution in [0.1, 0.15) is 77.1 Å². The molecule has 6 nitrogen and oxygen atoms in total. The van der Waals surface area contributed by atoms with Crippen LogP contribution in [0, 0.1) is 5.92 Å². The van der Waals surface area contributed by atoms with E-state index in [0.29, 0.717) is 18.1 Å². The van der Waals surface area contributed by atoms with E-state index in [0.717, 1.165) is 45.1 Å². The van der Waals surface area contributed by atoms with Crippen molar-refractivity contribution in [3.8, 4) is 0 Å². The molecule has 2 rings (SSSR count). The van der Waals surface area contributed by atoms with Gasteiger partial charge in [0.1, 0.15) is 5.69 Å². The van der Waals surface area contributed by atoms with Crippen LogP contribution in [0.5, 0.6) is 0 Å². The highest BCUT2D eigenvalue weighted by Gasteiger charge is 2.29. The van der Waals surface area contributed by atoms with Gasteiger partial charge in [0, 0.05) is 19.0 Å². The number of likely N-dealkylation sites (tertiary alicyclic amines) is 1. The van der Waals surface area contributed by atoms with Crippen LogP contribution in [0.2, 0.25) is 0 Å². The van der Waals surface area contributed by atoms with Gasteiger partial charge in [-0.05, 0) is 32.6 Å². The number of rotatable bonds is 7. The van der Waals surface area contributed by atoms with Crippen molar-refractivity contribution in [1.82, 2.24) is 19.9 Å². The van der Waals surface area contributed by atoms with E-state index in [1.807, 2.05) is 9.58 Å². The van der Waals surface area contributed by atoms with Crippen LogP contribution >= 0.6 is 0 Å². The highest BCUT2D eigenvalue weighted by Crippen LogP contribution is 2.25. The number of piperidine rings is 1. The van der Waals surface area contributed by atoms with E-state index in [4.69, 9.17) is 0 Å². The van der Waals surface area contributed by atoms with Crippen molar-refractivity contribution in [2.45, 2.75) is 71.4 Å². The second kappa shape index (κ2) is 8.43. The predicted molar refractivity (Wildman–Crippen MR) is 88.8 cm³/mol. The third-order valence-electron chi connectivity index (χ3n) is 4.66. The molecule has 1 aromatic heterocycles. The van der Waals surface area contributed by atoms with Crippen LogP contribution in [0.15, 0.2) is 6.20 Å². The van der Waals surface area contributed by atoms with Crippen molar-refractivity contribution in [2.24, 2.45) is 5.92 Å². The zero-order valence-corrected chi connectivity index (χ0v) is 14.6. The van der Waals surface area contributed by atoms with Gasteiger partial charge in [0.15, 0.2) is 0 Å². The minimum atomic E-state index is -0.608. The Bertz CT molecular complexity index is 495. The Labute approximate surface area is 138 Å². The number of amides is 1. The lowest BCUT2D eigenvalue weighted by Gasteiger charge is -2.35. The molecule has 1 N–H and O–H groups in total. The van der Waals surface area contributed by atoms with Gasteiger partial charge in [0.25, 0.3) is 0 Å². The molecule has 0 radical (unpaired) electrons. The second-order valence-electron chi connectivity index (χ2n) is 6.65. The SMILES string of the molecule is CCCC(CCC)C(=O)N1CCCC(n2cc(C(C)O)nn2)C1. The van der Waals surface area contributed by atoms with E-state index in [-0.39, 0.29) is 12.0 Å². The zero-order valence-electron chi connectivity index (χ0n) is 14.6. The summed E-state index contributed by atoms with van der Waals surface area (Å²) in [7, 11) is 0. The summed E-state index contributed by atoms with van der Waals surface area (Å²) in [6.07, 6.45) is 7.24. The van der Waals surface area contributed by atoms with Crippen LogP contribution in [-0.2, 0) is 4.79 Å². The summed E-state index contributed by atoms with van der Waals surface area (Å²) in [5, 5.41) is 17.7. The molecule has 130 valence electrons. The number of carbonyl (C=O) groups is 1. The minimum absolute atomic E-state index is 0.160. The highest BCUT2D eigenvalue weighted by atomic mass is 16.3. The van der Waals surface area contributed by atoms with Gasteiger partial charge < -0.3 is 10.0 Å². The molecule has 0 bridgehead atoms. The van der Waals surface area contributed by atoms with Crippen molar-refractivity contribution < 1.29 is 9.90 Å². The van der Waals surface area contributed by atoms with Crippen LogP contribution < -0.4 is 0 Å². The lowest BCUT2D eigenvalue weighted by atomic mass is 9.95. The Morgan fingerprint density at radius 1 is 1.39 bits per heavy atom.